The quantitative estimate of drug-likeness (QED) is 0.723. The average Bonchev–Trinajstić information content (AvgIpc) is 2.86. The number of benzene rings is 2. The maximum atomic E-state index is 9.95. The fraction of sp³-hybridized carbons (Fsp3) is 0.222. The highest BCUT2D eigenvalue weighted by Crippen LogP contribution is 2.32. The highest BCUT2D eigenvalue weighted by molar-refractivity contribution is 5.80. The first-order valence-corrected chi connectivity index (χ1v) is 6.91. The Balaban J connectivity index is 1.97. The number of para-hydroxylation sites is 2. The molecule has 1 heterocycles. The van der Waals surface area contributed by atoms with Crippen molar-refractivity contribution >= 4 is 10.9 Å². The molecule has 0 saturated carbocycles. The molecule has 0 bridgehead atoms. The third-order valence-corrected chi connectivity index (χ3v) is 3.88. The second-order valence-electron chi connectivity index (χ2n) is 5.96. The molecule has 0 unspecified atom stereocenters. The lowest BCUT2D eigenvalue weighted by atomic mass is 9.82. The molecule has 3 rings (SSSR count). The van der Waals surface area contributed by atoms with E-state index in [1.165, 1.54) is 11.1 Å². The molecule has 2 nitrogen and oxygen atoms in total. The van der Waals surface area contributed by atoms with Gasteiger partial charge in [0.25, 0.3) is 0 Å². The van der Waals surface area contributed by atoms with Crippen LogP contribution in [0.25, 0.3) is 10.9 Å². The van der Waals surface area contributed by atoms with E-state index in [4.69, 9.17) is 0 Å². The van der Waals surface area contributed by atoms with Crippen LogP contribution in [0.5, 0.6) is 5.75 Å². The number of fused-ring (bicyclic) bond motifs is 1. The minimum Gasteiger partial charge on any atom is -0.508 e. The van der Waals surface area contributed by atoms with Gasteiger partial charge in [-0.2, -0.15) is 0 Å². The number of aromatic nitrogens is 1. The molecule has 20 heavy (non-hydrogen) atoms. The van der Waals surface area contributed by atoms with Crippen LogP contribution in [0, 0.1) is 0 Å². The molecular formula is C18H19NO. The number of hydrogen-bond donors (Lipinski definition) is 2. The molecule has 3 aromatic rings. The molecule has 2 N–H and O–H groups in total. The summed E-state index contributed by atoms with van der Waals surface area (Å²) in [5.74, 6) is 0.372. The Labute approximate surface area is 119 Å². The van der Waals surface area contributed by atoms with Crippen molar-refractivity contribution in [3.8, 4) is 5.75 Å². The van der Waals surface area contributed by atoms with E-state index < -0.39 is 0 Å². The summed E-state index contributed by atoms with van der Waals surface area (Å²) in [6.07, 6.45) is 0.798. The van der Waals surface area contributed by atoms with Gasteiger partial charge in [0.05, 0.1) is 0 Å². The van der Waals surface area contributed by atoms with Crippen LogP contribution in [0.1, 0.15) is 25.1 Å². The fourth-order valence-electron chi connectivity index (χ4n) is 2.67. The van der Waals surface area contributed by atoms with Gasteiger partial charge < -0.3 is 10.1 Å². The van der Waals surface area contributed by atoms with Gasteiger partial charge in [-0.05, 0) is 35.6 Å². The summed E-state index contributed by atoms with van der Waals surface area (Å²) >= 11 is 0. The van der Waals surface area contributed by atoms with Crippen molar-refractivity contribution in [1.29, 1.82) is 0 Å². The van der Waals surface area contributed by atoms with Gasteiger partial charge in [0.1, 0.15) is 5.75 Å². The van der Waals surface area contributed by atoms with E-state index in [1.807, 2.05) is 24.3 Å². The number of aromatic amines is 1. The van der Waals surface area contributed by atoms with Gasteiger partial charge in [-0.15, -0.1) is 0 Å². The zero-order valence-electron chi connectivity index (χ0n) is 11.9. The molecule has 0 amide bonds. The number of nitrogens with one attached hydrogen (secondary N) is 1. The van der Waals surface area contributed by atoms with Crippen LogP contribution in [0.3, 0.4) is 0 Å². The third-order valence-electron chi connectivity index (χ3n) is 3.88. The lowest BCUT2D eigenvalue weighted by Crippen LogP contribution is -2.21. The zero-order valence-corrected chi connectivity index (χ0v) is 11.9. The predicted molar refractivity (Wildman–Crippen MR) is 83.1 cm³/mol. The van der Waals surface area contributed by atoms with E-state index in [0.29, 0.717) is 5.75 Å². The van der Waals surface area contributed by atoms with Crippen molar-refractivity contribution in [2.45, 2.75) is 25.7 Å². The van der Waals surface area contributed by atoms with Gasteiger partial charge in [-0.25, -0.2) is 0 Å². The number of hydrogen-bond acceptors (Lipinski definition) is 1. The molecule has 102 valence electrons. The topological polar surface area (TPSA) is 36.0 Å². The van der Waals surface area contributed by atoms with Crippen molar-refractivity contribution in [2.75, 3.05) is 0 Å². The first-order chi connectivity index (χ1) is 9.56. The Morgan fingerprint density at radius 1 is 1.00 bits per heavy atom. The molecule has 0 fully saturated rings. The largest absolute Gasteiger partial charge is 0.508 e. The summed E-state index contributed by atoms with van der Waals surface area (Å²) in [7, 11) is 0. The van der Waals surface area contributed by atoms with Crippen molar-refractivity contribution < 1.29 is 5.11 Å². The Bertz CT molecular complexity index is 707. The van der Waals surface area contributed by atoms with Gasteiger partial charge in [0.15, 0.2) is 0 Å². The van der Waals surface area contributed by atoms with Gasteiger partial charge in [0, 0.05) is 16.6 Å². The second-order valence-corrected chi connectivity index (χ2v) is 5.96. The van der Waals surface area contributed by atoms with Crippen LogP contribution >= 0.6 is 0 Å². The Morgan fingerprint density at radius 2 is 1.70 bits per heavy atom. The number of H-pyrrole nitrogens is 1. The molecule has 0 aliphatic carbocycles. The number of phenols is 1. The summed E-state index contributed by atoms with van der Waals surface area (Å²) in [6.45, 7) is 4.40. The molecule has 0 aliphatic rings. The van der Waals surface area contributed by atoms with Crippen LogP contribution in [0.4, 0.5) is 0 Å². The smallest absolute Gasteiger partial charge is 0.118 e. The Kier molecular flexibility index (Phi) is 3.01. The van der Waals surface area contributed by atoms with Crippen LogP contribution < -0.4 is 0 Å². The van der Waals surface area contributed by atoms with Crippen LogP contribution in [0.2, 0.25) is 0 Å². The van der Waals surface area contributed by atoms with Crippen molar-refractivity contribution in [3.63, 3.8) is 0 Å². The number of phenolic OH excluding ortho intramolecular Hbond substituents is 1. The number of aromatic hydroxyl groups is 1. The van der Waals surface area contributed by atoms with Crippen LogP contribution in [0.15, 0.2) is 54.6 Å². The van der Waals surface area contributed by atoms with Crippen LogP contribution in [-0.4, -0.2) is 10.1 Å². The molecule has 0 aliphatic heterocycles. The SMILES string of the molecule is CC(C)(Cc1ccccc1O)c1cc2ccccc2[nH]1. The first kappa shape index (κ1) is 12.8. The van der Waals surface area contributed by atoms with Gasteiger partial charge in [-0.3, -0.25) is 0 Å². The summed E-state index contributed by atoms with van der Waals surface area (Å²) in [4.78, 5) is 3.49. The van der Waals surface area contributed by atoms with E-state index in [9.17, 15) is 5.11 Å². The van der Waals surface area contributed by atoms with Crippen molar-refractivity contribution in [2.24, 2.45) is 0 Å². The lowest BCUT2D eigenvalue weighted by molar-refractivity contribution is 0.448. The van der Waals surface area contributed by atoms with E-state index in [0.717, 1.165) is 17.5 Å². The van der Waals surface area contributed by atoms with Crippen molar-refractivity contribution in [3.05, 3.63) is 65.9 Å². The molecule has 2 heteroatoms. The minimum absolute atomic E-state index is 0.0577. The minimum atomic E-state index is -0.0577. The van der Waals surface area contributed by atoms with E-state index in [2.05, 4.69) is 43.1 Å². The van der Waals surface area contributed by atoms with E-state index in [1.54, 1.807) is 6.07 Å². The standard InChI is InChI=1S/C18H19NO/c1-18(2,12-14-8-4-6-10-16(14)20)17-11-13-7-3-5-9-15(13)19-17/h3-11,19-20H,12H2,1-2H3. The highest BCUT2D eigenvalue weighted by Gasteiger charge is 2.24. The normalized spacial score (nSPS) is 11.9. The second kappa shape index (κ2) is 4.71. The molecule has 0 saturated heterocycles. The van der Waals surface area contributed by atoms with E-state index >= 15 is 0 Å². The first-order valence-electron chi connectivity index (χ1n) is 6.91. The predicted octanol–water partition coefficient (Wildman–Crippen LogP) is 4.39. The highest BCUT2D eigenvalue weighted by atomic mass is 16.3. The molecule has 2 aromatic carbocycles. The summed E-state index contributed by atoms with van der Waals surface area (Å²) < 4.78 is 0. The zero-order chi connectivity index (χ0) is 14.2. The van der Waals surface area contributed by atoms with Crippen molar-refractivity contribution in [1.82, 2.24) is 4.98 Å². The monoisotopic (exact) mass is 265 g/mol. The third kappa shape index (κ3) is 2.29. The average molecular weight is 265 g/mol. The lowest BCUT2D eigenvalue weighted by Gasteiger charge is -2.24. The molecule has 1 aromatic heterocycles. The molecule has 0 radical (unpaired) electrons. The van der Waals surface area contributed by atoms with Crippen LogP contribution in [-0.2, 0) is 11.8 Å². The number of rotatable bonds is 3. The molecular weight excluding hydrogens is 246 g/mol. The maximum Gasteiger partial charge on any atom is 0.118 e. The summed E-state index contributed by atoms with van der Waals surface area (Å²) in [6, 6.07) is 18.1. The van der Waals surface area contributed by atoms with E-state index in [-0.39, 0.29) is 5.41 Å². The van der Waals surface area contributed by atoms with Gasteiger partial charge >= 0.3 is 0 Å². The molecule has 0 atom stereocenters. The van der Waals surface area contributed by atoms with Gasteiger partial charge in [-0.1, -0.05) is 50.2 Å². The van der Waals surface area contributed by atoms with Gasteiger partial charge in [0.2, 0.25) is 0 Å². The fourth-order valence-corrected chi connectivity index (χ4v) is 2.67. The Morgan fingerprint density at radius 3 is 2.45 bits per heavy atom. The molecule has 0 spiro atoms. The summed E-state index contributed by atoms with van der Waals surface area (Å²) in [5.41, 5.74) is 3.28. The summed E-state index contributed by atoms with van der Waals surface area (Å²) in [5, 5.41) is 11.2. The Hall–Kier alpha value is -2.22. The maximum absolute atomic E-state index is 9.95.